The summed E-state index contributed by atoms with van der Waals surface area (Å²) in [6, 6.07) is 13.3. The molecule has 0 aromatic heterocycles. The first-order chi connectivity index (χ1) is 14.9. The Labute approximate surface area is 184 Å². The molecule has 4 rings (SSSR count). The third-order valence-corrected chi connectivity index (χ3v) is 7.52. The van der Waals surface area contributed by atoms with E-state index < -0.39 is 10.1 Å². The minimum atomic E-state index is -3.73. The van der Waals surface area contributed by atoms with Crippen LogP contribution in [0, 0.1) is 12.8 Å². The van der Waals surface area contributed by atoms with Crippen LogP contribution < -0.4 is 5.32 Å². The largest absolute Gasteiger partial charge is 0.450 e. The summed E-state index contributed by atoms with van der Waals surface area (Å²) in [5.41, 5.74) is 4.84. The highest BCUT2D eigenvalue weighted by Gasteiger charge is 2.24. The van der Waals surface area contributed by atoms with Gasteiger partial charge in [-0.05, 0) is 73.8 Å². The molecule has 0 spiro atoms. The van der Waals surface area contributed by atoms with Crippen molar-refractivity contribution in [1.29, 1.82) is 0 Å². The molecule has 2 aliphatic rings. The first-order valence-electron chi connectivity index (χ1n) is 10.9. The summed E-state index contributed by atoms with van der Waals surface area (Å²) in [4.78, 5) is 11.7. The maximum Gasteiger partial charge on any atom is 0.407 e. The summed E-state index contributed by atoms with van der Waals surface area (Å²) < 4.78 is 35.4. The fourth-order valence-electron chi connectivity index (χ4n) is 4.34. The Bertz CT molecular complexity index is 1030. The summed E-state index contributed by atoms with van der Waals surface area (Å²) in [7, 11) is -3.73. The second kappa shape index (κ2) is 9.40. The maximum absolute atomic E-state index is 12.5. The minimum absolute atomic E-state index is 0.177. The van der Waals surface area contributed by atoms with Crippen molar-refractivity contribution in [2.75, 3.05) is 19.8 Å². The molecule has 1 fully saturated rings. The van der Waals surface area contributed by atoms with Crippen LogP contribution >= 0.6 is 0 Å². The lowest BCUT2D eigenvalue weighted by Crippen LogP contribution is -2.31. The Morgan fingerprint density at radius 1 is 1.10 bits per heavy atom. The number of carbonyl (C=O) groups excluding carboxylic acids is 1. The molecular formula is C24H29NO5S. The van der Waals surface area contributed by atoms with E-state index in [1.54, 1.807) is 24.3 Å². The molecule has 1 saturated heterocycles. The number of rotatable bonds is 5. The monoisotopic (exact) mass is 443 g/mol. The zero-order valence-electron chi connectivity index (χ0n) is 17.8. The van der Waals surface area contributed by atoms with Gasteiger partial charge in [0.15, 0.2) is 0 Å². The Balaban J connectivity index is 1.38. The lowest BCUT2D eigenvalue weighted by atomic mass is 9.82. The minimum Gasteiger partial charge on any atom is -0.450 e. The van der Waals surface area contributed by atoms with E-state index in [0.29, 0.717) is 19.1 Å². The van der Waals surface area contributed by atoms with Crippen molar-refractivity contribution in [3.63, 3.8) is 0 Å². The Morgan fingerprint density at radius 3 is 2.71 bits per heavy atom. The number of amides is 1. The molecule has 1 aliphatic carbocycles. The molecule has 6 nitrogen and oxygen atoms in total. The van der Waals surface area contributed by atoms with Gasteiger partial charge in [-0.3, -0.25) is 4.18 Å². The predicted octanol–water partition coefficient (Wildman–Crippen LogP) is 4.11. The van der Waals surface area contributed by atoms with Crippen LogP contribution in [0.2, 0.25) is 0 Å². The number of aryl methyl sites for hydroxylation is 2. The van der Waals surface area contributed by atoms with Gasteiger partial charge in [-0.1, -0.05) is 35.9 Å². The van der Waals surface area contributed by atoms with Gasteiger partial charge >= 0.3 is 6.09 Å². The summed E-state index contributed by atoms with van der Waals surface area (Å²) >= 11 is 0. The third kappa shape index (κ3) is 5.46. The highest BCUT2D eigenvalue weighted by molar-refractivity contribution is 7.86. The third-order valence-electron chi connectivity index (χ3n) is 6.22. The van der Waals surface area contributed by atoms with E-state index in [0.717, 1.165) is 37.7 Å². The first-order valence-corrected chi connectivity index (χ1v) is 12.3. The van der Waals surface area contributed by atoms with Crippen LogP contribution in [0.1, 0.15) is 47.4 Å². The van der Waals surface area contributed by atoms with Gasteiger partial charge in [-0.15, -0.1) is 0 Å². The molecule has 0 saturated carbocycles. The average molecular weight is 444 g/mol. The van der Waals surface area contributed by atoms with E-state index in [9.17, 15) is 13.2 Å². The molecule has 0 radical (unpaired) electrons. The maximum atomic E-state index is 12.5. The Kier molecular flexibility index (Phi) is 6.62. The van der Waals surface area contributed by atoms with Crippen LogP contribution in [-0.4, -0.2) is 34.3 Å². The van der Waals surface area contributed by atoms with Crippen molar-refractivity contribution >= 4 is 16.2 Å². The van der Waals surface area contributed by atoms with E-state index in [1.165, 1.54) is 16.7 Å². The standard InChI is InChI=1S/C24H29NO5S/c1-17-4-10-23(11-5-17)31(27,28)30-16-18-6-7-20-14-21(9-8-19(20)13-18)22-3-2-12-29-24(26)25-15-22/h4-5,8-11,14,18,22H,2-3,6-7,12-13,15-16H2,1H3,(H,25,26)/t18-,22+/m1/s1. The van der Waals surface area contributed by atoms with Crippen LogP contribution in [0.15, 0.2) is 47.4 Å². The fourth-order valence-corrected chi connectivity index (χ4v) is 5.32. The van der Waals surface area contributed by atoms with Crippen molar-refractivity contribution < 1.29 is 22.1 Å². The Hall–Kier alpha value is -2.38. The fraction of sp³-hybridized carbons (Fsp3) is 0.458. The molecule has 166 valence electrons. The van der Waals surface area contributed by atoms with Gasteiger partial charge < -0.3 is 10.1 Å². The molecule has 1 N–H and O–H groups in total. The zero-order valence-corrected chi connectivity index (χ0v) is 18.6. The number of alkyl carbamates (subject to hydrolysis) is 1. The topological polar surface area (TPSA) is 81.7 Å². The van der Waals surface area contributed by atoms with Crippen molar-refractivity contribution in [3.8, 4) is 0 Å². The van der Waals surface area contributed by atoms with Crippen molar-refractivity contribution in [3.05, 3.63) is 64.7 Å². The van der Waals surface area contributed by atoms with Crippen LogP contribution in [-0.2, 0) is 31.9 Å². The predicted molar refractivity (Wildman–Crippen MR) is 118 cm³/mol. The van der Waals surface area contributed by atoms with Gasteiger partial charge in [0.1, 0.15) is 0 Å². The second-order valence-corrected chi connectivity index (χ2v) is 10.2. The summed E-state index contributed by atoms with van der Waals surface area (Å²) in [6.07, 6.45) is 4.12. The number of hydrogen-bond acceptors (Lipinski definition) is 5. The lowest BCUT2D eigenvalue weighted by Gasteiger charge is -2.27. The average Bonchev–Trinajstić information content (AvgIpc) is 2.75. The molecule has 2 aromatic carbocycles. The van der Waals surface area contributed by atoms with Gasteiger partial charge in [-0.25, -0.2) is 4.79 Å². The number of fused-ring (bicyclic) bond motifs is 1. The van der Waals surface area contributed by atoms with E-state index in [-0.39, 0.29) is 23.5 Å². The second-order valence-electron chi connectivity index (χ2n) is 8.54. The molecular weight excluding hydrogens is 414 g/mol. The molecule has 1 amide bonds. The van der Waals surface area contributed by atoms with Crippen molar-refractivity contribution in [1.82, 2.24) is 5.32 Å². The number of cyclic esters (lactones) is 1. The van der Waals surface area contributed by atoms with Gasteiger partial charge in [0, 0.05) is 12.5 Å². The number of benzene rings is 2. The number of hydrogen-bond donors (Lipinski definition) is 1. The highest BCUT2D eigenvalue weighted by Crippen LogP contribution is 2.31. The number of nitrogens with one attached hydrogen (secondary N) is 1. The summed E-state index contributed by atoms with van der Waals surface area (Å²) in [5.74, 6) is 0.468. The smallest absolute Gasteiger partial charge is 0.407 e. The Morgan fingerprint density at radius 2 is 1.90 bits per heavy atom. The van der Waals surface area contributed by atoms with E-state index in [2.05, 4.69) is 23.5 Å². The zero-order chi connectivity index (χ0) is 21.8. The van der Waals surface area contributed by atoms with Crippen LogP contribution in [0.25, 0.3) is 0 Å². The normalized spacial score (nSPS) is 21.9. The molecule has 1 aliphatic heterocycles. The number of ether oxygens (including phenoxy) is 1. The highest BCUT2D eigenvalue weighted by atomic mass is 32.2. The molecule has 1 heterocycles. The molecule has 31 heavy (non-hydrogen) atoms. The van der Waals surface area contributed by atoms with Crippen molar-refractivity contribution in [2.45, 2.75) is 49.8 Å². The van der Waals surface area contributed by atoms with E-state index in [4.69, 9.17) is 8.92 Å². The van der Waals surface area contributed by atoms with Gasteiger partial charge in [0.2, 0.25) is 0 Å². The molecule has 0 bridgehead atoms. The first kappa shape index (κ1) is 21.8. The quantitative estimate of drug-likeness (QED) is 0.704. The van der Waals surface area contributed by atoms with E-state index >= 15 is 0 Å². The molecule has 2 aromatic rings. The van der Waals surface area contributed by atoms with Gasteiger partial charge in [0.25, 0.3) is 10.1 Å². The molecule has 7 heteroatoms. The summed E-state index contributed by atoms with van der Waals surface area (Å²) in [6.45, 7) is 3.17. The van der Waals surface area contributed by atoms with Gasteiger partial charge in [0.05, 0.1) is 18.1 Å². The van der Waals surface area contributed by atoms with Crippen LogP contribution in [0.4, 0.5) is 4.79 Å². The lowest BCUT2D eigenvalue weighted by molar-refractivity contribution is 0.136. The van der Waals surface area contributed by atoms with E-state index in [1.807, 2.05) is 6.92 Å². The van der Waals surface area contributed by atoms with Crippen molar-refractivity contribution in [2.24, 2.45) is 5.92 Å². The number of carbonyl (C=O) groups is 1. The van der Waals surface area contributed by atoms with Crippen LogP contribution in [0.3, 0.4) is 0 Å². The van der Waals surface area contributed by atoms with Crippen LogP contribution in [0.5, 0.6) is 0 Å². The summed E-state index contributed by atoms with van der Waals surface area (Å²) in [5, 5.41) is 2.83. The molecule has 0 unspecified atom stereocenters. The van der Waals surface area contributed by atoms with Gasteiger partial charge in [-0.2, -0.15) is 8.42 Å². The SMILES string of the molecule is Cc1ccc(S(=O)(=O)OC[C@@H]2CCc3cc([C@H]4CCCOC(=O)NC4)ccc3C2)cc1. The molecule has 2 atom stereocenters.